The first kappa shape index (κ1) is 18.6. The van der Waals surface area contributed by atoms with Gasteiger partial charge in [-0.05, 0) is 50.3 Å². The molecule has 0 atom stereocenters. The summed E-state index contributed by atoms with van der Waals surface area (Å²) in [5.41, 5.74) is 1.49. The smallest absolute Gasteiger partial charge is 0.346 e. The Bertz CT molecular complexity index is 922. The number of carboxylic acids is 1. The second kappa shape index (κ2) is 8.03. The molecule has 5 nitrogen and oxygen atoms in total. The lowest BCUT2D eigenvalue weighted by Crippen LogP contribution is -2.15. The van der Waals surface area contributed by atoms with Crippen molar-refractivity contribution in [3.63, 3.8) is 0 Å². The van der Waals surface area contributed by atoms with Gasteiger partial charge in [0.05, 0.1) is 6.61 Å². The van der Waals surface area contributed by atoms with Crippen LogP contribution >= 0.6 is 22.9 Å². The molecular weight excluding hydrogens is 372 g/mol. The van der Waals surface area contributed by atoms with E-state index in [2.05, 4.69) is 9.88 Å². The summed E-state index contributed by atoms with van der Waals surface area (Å²) in [4.78, 5) is 18.9. The molecule has 3 rings (SSSR count). The van der Waals surface area contributed by atoms with Gasteiger partial charge in [0, 0.05) is 17.5 Å². The molecule has 2 aromatic heterocycles. The Hall–Kier alpha value is -2.15. The van der Waals surface area contributed by atoms with Gasteiger partial charge in [-0.1, -0.05) is 23.7 Å². The number of aromatic nitrogens is 1. The largest absolute Gasteiger partial charge is 0.494 e. The molecule has 2 heterocycles. The van der Waals surface area contributed by atoms with Crippen molar-refractivity contribution in [3.05, 3.63) is 46.4 Å². The third-order valence-corrected chi connectivity index (χ3v) is 5.17. The number of carboxylic acid groups (broad SMARTS) is 1. The van der Waals surface area contributed by atoms with Crippen molar-refractivity contribution < 1.29 is 14.6 Å². The fourth-order valence-corrected chi connectivity index (χ4v) is 3.91. The minimum absolute atomic E-state index is 0.259. The lowest BCUT2D eigenvalue weighted by Gasteiger charge is -2.11. The lowest BCUT2D eigenvalue weighted by atomic mass is 10.0. The first-order valence-electron chi connectivity index (χ1n) is 8.16. The average Bonchev–Trinajstić information content (AvgIpc) is 2.98. The average molecular weight is 391 g/mol. The molecule has 136 valence electrons. The van der Waals surface area contributed by atoms with Crippen LogP contribution in [-0.4, -0.2) is 48.2 Å². The van der Waals surface area contributed by atoms with Gasteiger partial charge in [-0.2, -0.15) is 0 Å². The van der Waals surface area contributed by atoms with Crippen LogP contribution in [0.3, 0.4) is 0 Å². The van der Waals surface area contributed by atoms with Crippen molar-refractivity contribution in [2.24, 2.45) is 0 Å². The van der Waals surface area contributed by atoms with Crippen LogP contribution in [0.25, 0.3) is 21.3 Å². The van der Waals surface area contributed by atoms with Crippen LogP contribution in [0, 0.1) is 0 Å². The van der Waals surface area contributed by atoms with Gasteiger partial charge < -0.3 is 14.7 Å². The number of thiophene rings is 1. The monoisotopic (exact) mass is 390 g/mol. The van der Waals surface area contributed by atoms with Crippen LogP contribution in [0.1, 0.15) is 16.1 Å². The van der Waals surface area contributed by atoms with E-state index in [4.69, 9.17) is 16.3 Å². The summed E-state index contributed by atoms with van der Waals surface area (Å²) in [5.74, 6) is -0.201. The highest BCUT2D eigenvalue weighted by atomic mass is 35.5. The van der Waals surface area contributed by atoms with E-state index < -0.39 is 5.97 Å². The number of aromatic carboxylic acids is 1. The highest BCUT2D eigenvalue weighted by Crippen LogP contribution is 2.39. The van der Waals surface area contributed by atoms with Gasteiger partial charge in [0.25, 0.3) is 0 Å². The zero-order valence-corrected chi connectivity index (χ0v) is 16.1. The Morgan fingerprint density at radius 2 is 1.96 bits per heavy atom. The summed E-state index contributed by atoms with van der Waals surface area (Å²) in [5, 5.41) is 10.7. The number of hydrogen-bond acceptors (Lipinski definition) is 5. The van der Waals surface area contributed by atoms with Gasteiger partial charge in [-0.15, -0.1) is 11.3 Å². The number of fused-ring (bicyclic) bond motifs is 1. The molecule has 26 heavy (non-hydrogen) atoms. The predicted octanol–water partition coefficient (Wildman–Crippen LogP) is 4.65. The van der Waals surface area contributed by atoms with Crippen LogP contribution in [0.4, 0.5) is 0 Å². The second-order valence-electron chi connectivity index (χ2n) is 6.13. The normalized spacial score (nSPS) is 11.2. The number of carbonyl (C=O) groups is 1. The van der Waals surface area contributed by atoms with Crippen LogP contribution < -0.4 is 4.74 Å². The summed E-state index contributed by atoms with van der Waals surface area (Å²) in [6.45, 7) is 1.61. The van der Waals surface area contributed by atoms with Gasteiger partial charge in [0.1, 0.15) is 20.6 Å². The maximum atomic E-state index is 11.7. The number of halogens is 1. The molecule has 1 N–H and O–H groups in total. The first-order valence-corrected chi connectivity index (χ1v) is 9.35. The maximum absolute atomic E-state index is 11.7. The molecular formula is C19H19ClN2O3S. The molecule has 7 heteroatoms. The van der Waals surface area contributed by atoms with Crippen LogP contribution in [0.2, 0.25) is 5.15 Å². The SMILES string of the molecule is CN(C)CCCOc1ccc(-c2c(C(=O)O)sc3nc(Cl)ccc23)cc1. The van der Waals surface area contributed by atoms with Crippen molar-refractivity contribution in [3.8, 4) is 16.9 Å². The number of ether oxygens (including phenoxy) is 1. The van der Waals surface area contributed by atoms with Crippen LogP contribution in [0.5, 0.6) is 5.75 Å². The Morgan fingerprint density at radius 1 is 1.23 bits per heavy atom. The maximum Gasteiger partial charge on any atom is 0.346 e. The molecule has 3 aromatic rings. The van der Waals surface area contributed by atoms with Gasteiger partial charge in [0.2, 0.25) is 0 Å². The minimum atomic E-state index is -0.969. The van der Waals surface area contributed by atoms with E-state index in [0.717, 1.165) is 41.0 Å². The Labute approximate surface area is 160 Å². The Morgan fingerprint density at radius 3 is 2.62 bits per heavy atom. The molecule has 0 saturated heterocycles. The highest BCUT2D eigenvalue weighted by molar-refractivity contribution is 7.21. The lowest BCUT2D eigenvalue weighted by molar-refractivity contribution is 0.0703. The van der Waals surface area contributed by atoms with Crippen LogP contribution in [-0.2, 0) is 0 Å². The minimum Gasteiger partial charge on any atom is -0.494 e. The fourth-order valence-electron chi connectivity index (χ4n) is 2.68. The number of pyridine rings is 1. The zero-order chi connectivity index (χ0) is 18.7. The summed E-state index contributed by atoms with van der Waals surface area (Å²) in [7, 11) is 4.06. The Kier molecular flexibility index (Phi) is 5.76. The van der Waals surface area contributed by atoms with Gasteiger partial charge in [-0.3, -0.25) is 0 Å². The predicted molar refractivity (Wildman–Crippen MR) is 106 cm³/mol. The van der Waals surface area contributed by atoms with E-state index in [-0.39, 0.29) is 4.88 Å². The van der Waals surface area contributed by atoms with Crippen molar-refractivity contribution in [2.75, 3.05) is 27.2 Å². The summed E-state index contributed by atoms with van der Waals surface area (Å²) < 4.78 is 5.74. The van der Waals surface area contributed by atoms with E-state index in [1.165, 1.54) is 0 Å². The van der Waals surface area contributed by atoms with E-state index in [1.807, 2.05) is 44.4 Å². The molecule has 0 fully saturated rings. The third-order valence-electron chi connectivity index (χ3n) is 3.88. The van der Waals surface area contributed by atoms with E-state index in [9.17, 15) is 9.90 Å². The molecule has 0 radical (unpaired) electrons. The number of hydrogen-bond donors (Lipinski definition) is 1. The molecule has 0 spiro atoms. The van der Waals surface area contributed by atoms with Crippen LogP contribution in [0.15, 0.2) is 36.4 Å². The van der Waals surface area contributed by atoms with E-state index >= 15 is 0 Å². The summed E-state index contributed by atoms with van der Waals surface area (Å²) in [6, 6.07) is 11.0. The van der Waals surface area contributed by atoms with Gasteiger partial charge in [-0.25, -0.2) is 9.78 Å². The molecule has 1 aromatic carbocycles. The van der Waals surface area contributed by atoms with Gasteiger partial charge in [0.15, 0.2) is 0 Å². The van der Waals surface area contributed by atoms with Crippen molar-refractivity contribution >= 4 is 39.1 Å². The number of rotatable bonds is 7. The van der Waals surface area contributed by atoms with E-state index in [1.54, 1.807) is 6.07 Å². The molecule has 0 aliphatic carbocycles. The standard InChI is InChI=1S/C19H19ClN2O3S/c1-22(2)10-3-11-25-13-6-4-12(5-7-13)16-14-8-9-15(20)21-18(14)26-17(16)19(23)24/h4-9H,3,10-11H2,1-2H3,(H,23,24). The topological polar surface area (TPSA) is 62.7 Å². The van der Waals surface area contributed by atoms with E-state index in [0.29, 0.717) is 22.2 Å². The second-order valence-corrected chi connectivity index (χ2v) is 7.51. The number of benzene rings is 1. The summed E-state index contributed by atoms with van der Waals surface area (Å²) >= 11 is 7.07. The molecule has 0 amide bonds. The molecule has 0 bridgehead atoms. The quantitative estimate of drug-likeness (QED) is 0.470. The Balaban J connectivity index is 1.87. The van der Waals surface area contributed by atoms with Crippen molar-refractivity contribution in [1.29, 1.82) is 0 Å². The highest BCUT2D eigenvalue weighted by Gasteiger charge is 2.20. The zero-order valence-electron chi connectivity index (χ0n) is 14.5. The molecule has 0 aliphatic rings. The third kappa shape index (κ3) is 4.15. The molecule has 0 aliphatic heterocycles. The fraction of sp³-hybridized carbons (Fsp3) is 0.263. The first-order chi connectivity index (χ1) is 12.5. The molecule has 0 unspecified atom stereocenters. The van der Waals surface area contributed by atoms with Crippen molar-refractivity contribution in [2.45, 2.75) is 6.42 Å². The molecule has 0 saturated carbocycles. The van der Waals surface area contributed by atoms with Gasteiger partial charge >= 0.3 is 5.97 Å². The van der Waals surface area contributed by atoms with Crippen molar-refractivity contribution in [1.82, 2.24) is 9.88 Å². The summed E-state index contributed by atoms with van der Waals surface area (Å²) in [6.07, 6.45) is 0.944. The number of nitrogens with zero attached hydrogens (tertiary/aromatic N) is 2.